The number of carbonyl (C=O) groups excluding carboxylic acids is 8. The molecule has 0 aromatic heterocycles. The maximum Gasteiger partial charge on any atom is 0.325 e. The molecule has 0 unspecified atom stereocenters. The van der Waals surface area contributed by atoms with Crippen molar-refractivity contribution >= 4 is 65.2 Å². The summed E-state index contributed by atoms with van der Waals surface area (Å²) >= 11 is 0. The quantitative estimate of drug-likeness (QED) is 0.0316. The van der Waals surface area contributed by atoms with Crippen LogP contribution >= 0.6 is 0 Å². The molecule has 0 fully saturated rings. The number of carboxylic acid groups (broad SMARTS) is 3. The summed E-state index contributed by atoms with van der Waals surface area (Å²) in [5.41, 5.74) is 12.3. The van der Waals surface area contributed by atoms with Crippen LogP contribution in [0.2, 0.25) is 0 Å². The van der Waals surface area contributed by atoms with Gasteiger partial charge >= 0.3 is 17.9 Å². The van der Waals surface area contributed by atoms with E-state index in [1.807, 2.05) is 0 Å². The van der Waals surface area contributed by atoms with E-state index in [2.05, 4.69) is 42.5 Å². The molecule has 26 nitrogen and oxygen atoms in total. The zero-order chi connectivity index (χ0) is 55.7. The van der Waals surface area contributed by atoms with Crippen LogP contribution in [0.4, 0.5) is 0 Å². The Morgan fingerprint density at radius 3 is 1.55 bits per heavy atom. The number of rotatable bonds is 34. The molecule has 1 aromatic rings. The topological polar surface area (TPSA) is 437 Å². The van der Waals surface area contributed by atoms with Crippen molar-refractivity contribution in [1.29, 1.82) is 0 Å². The van der Waals surface area contributed by atoms with Crippen LogP contribution in [0, 0.1) is 17.8 Å². The number of aliphatic hydroxyl groups is 1. The Hall–Kier alpha value is -6.93. The highest BCUT2D eigenvalue weighted by molar-refractivity contribution is 5.99. The van der Waals surface area contributed by atoms with Gasteiger partial charge in [-0.25, -0.2) is 0 Å². The molecule has 0 radical (unpaired) electrons. The van der Waals surface area contributed by atoms with Gasteiger partial charge in [-0.15, -0.1) is 0 Å². The molecule has 0 aliphatic carbocycles. The summed E-state index contributed by atoms with van der Waals surface area (Å²) in [6.07, 6.45) is -1.34. The zero-order valence-electron chi connectivity index (χ0n) is 42.4. The van der Waals surface area contributed by atoms with Crippen molar-refractivity contribution in [2.45, 2.75) is 161 Å². The number of nitrogens with one attached hydrogen (secondary N) is 8. The van der Waals surface area contributed by atoms with E-state index in [-0.39, 0.29) is 49.8 Å². The fraction of sp³-hybridized carbons (Fsp3) is 0.638. The highest BCUT2D eigenvalue weighted by Gasteiger charge is 2.37. The van der Waals surface area contributed by atoms with Crippen LogP contribution < -0.4 is 54.0 Å². The largest absolute Gasteiger partial charge is 0.508 e. The van der Waals surface area contributed by atoms with E-state index >= 15 is 0 Å². The molecule has 0 spiro atoms. The Morgan fingerprint density at radius 1 is 0.562 bits per heavy atom. The lowest BCUT2D eigenvalue weighted by atomic mass is 9.97. The molecule has 1 rings (SSSR count). The van der Waals surface area contributed by atoms with Crippen LogP contribution in [0.5, 0.6) is 5.75 Å². The molecule has 10 atom stereocenters. The smallest absolute Gasteiger partial charge is 0.325 e. The molecule has 0 heterocycles. The molecule has 73 heavy (non-hydrogen) atoms. The number of hydrogen-bond acceptors (Lipinski definition) is 15. The average molecular weight is 1040 g/mol. The van der Waals surface area contributed by atoms with E-state index < -0.39 is 151 Å². The summed E-state index contributed by atoms with van der Waals surface area (Å²) in [5, 5.41) is 67.3. The van der Waals surface area contributed by atoms with E-state index in [0.29, 0.717) is 18.4 Å². The van der Waals surface area contributed by atoms with Gasteiger partial charge in [0.1, 0.15) is 54.1 Å². The molecular weight excluding hydrogens is 961 g/mol. The van der Waals surface area contributed by atoms with Crippen LogP contribution in [0.25, 0.3) is 0 Å². The van der Waals surface area contributed by atoms with Gasteiger partial charge in [-0.1, -0.05) is 60.1 Å². The van der Waals surface area contributed by atoms with Crippen molar-refractivity contribution < 1.29 is 78.3 Å². The summed E-state index contributed by atoms with van der Waals surface area (Å²) in [7, 11) is 0. The number of aliphatic carboxylic acids is 3. The number of carbonyl (C=O) groups is 11. The lowest BCUT2D eigenvalue weighted by Crippen LogP contribution is -2.62. The standard InChI is InChI=1S/C47H76N10O16/c1-8-25(6)38(46(71)56-34(22-58)44(69)52-30(16-17-35(60)61)39(64)50-26(7)47(72)73)57-43(68)33(21-36(62)63)54-41(66)31(19-23(2)3)53-40(65)29(11-9-10-18-48)51-42(67)32(55-45(70)37(49)24(4)5)20-27-12-14-28(59)15-13-27/h12-15,23-26,29-34,37-38,58-59H,8-11,16-22,48-49H2,1-7H3,(H,50,64)(H,51,67)(H,52,69)(H,53,65)(H,54,66)(H,55,70)(H,56,71)(H,57,68)(H,60,61)(H,62,63)(H,72,73)/t25-,26-,29-,30-,31-,32-,33-,34-,37-,38-/m0/s1. The lowest BCUT2D eigenvalue weighted by molar-refractivity contribution is -0.142. The number of phenols is 1. The fourth-order valence-electron chi connectivity index (χ4n) is 6.91. The summed E-state index contributed by atoms with van der Waals surface area (Å²) < 4.78 is 0. The van der Waals surface area contributed by atoms with Gasteiger partial charge in [0.2, 0.25) is 47.3 Å². The second-order valence-electron chi connectivity index (χ2n) is 18.6. The third kappa shape index (κ3) is 23.4. The minimum Gasteiger partial charge on any atom is -0.508 e. The molecule has 1 aromatic carbocycles. The third-order valence-electron chi connectivity index (χ3n) is 11.6. The number of nitrogens with two attached hydrogens (primary N) is 2. The first-order valence-electron chi connectivity index (χ1n) is 24.1. The van der Waals surface area contributed by atoms with Crippen molar-refractivity contribution in [2.24, 2.45) is 29.2 Å². The number of unbranched alkanes of at least 4 members (excludes halogenated alkanes) is 1. The SMILES string of the molecule is CC[C@H](C)[C@H](NC(=O)[C@H](CC(=O)O)NC(=O)[C@H](CC(C)C)NC(=O)[C@H](CCCCN)NC(=O)[C@H](Cc1ccc(O)cc1)NC(=O)[C@@H](N)C(C)C)C(=O)N[C@@H](CO)C(=O)N[C@@H](CCC(=O)O)C(=O)N[C@@H](C)C(=O)O. The first-order chi connectivity index (χ1) is 34.1. The summed E-state index contributed by atoms with van der Waals surface area (Å²) in [4.78, 5) is 144. The van der Waals surface area contributed by atoms with Crippen LogP contribution in [0.15, 0.2) is 24.3 Å². The van der Waals surface area contributed by atoms with Crippen LogP contribution in [0.3, 0.4) is 0 Å². The number of hydrogen-bond donors (Lipinski definition) is 15. The van der Waals surface area contributed by atoms with Gasteiger partial charge in [0.25, 0.3) is 0 Å². The summed E-state index contributed by atoms with van der Waals surface area (Å²) in [5.74, 6) is -13.6. The fourth-order valence-corrected chi connectivity index (χ4v) is 6.91. The van der Waals surface area contributed by atoms with Crippen molar-refractivity contribution in [3.05, 3.63) is 29.8 Å². The highest BCUT2D eigenvalue weighted by Crippen LogP contribution is 2.15. The molecule has 26 heteroatoms. The molecule has 0 aliphatic heterocycles. The van der Waals surface area contributed by atoms with Gasteiger partial charge in [0, 0.05) is 12.8 Å². The number of amides is 8. The van der Waals surface area contributed by atoms with Crippen LogP contribution in [-0.2, 0) is 59.2 Å². The number of benzene rings is 1. The Bertz CT molecular complexity index is 2060. The molecule has 0 aliphatic rings. The Labute approximate surface area is 423 Å². The van der Waals surface area contributed by atoms with E-state index in [0.717, 1.165) is 6.92 Å². The maximum absolute atomic E-state index is 14.1. The number of carboxylic acids is 3. The minimum atomic E-state index is -1.88. The lowest BCUT2D eigenvalue weighted by Gasteiger charge is -2.29. The molecule has 17 N–H and O–H groups in total. The van der Waals surface area contributed by atoms with Gasteiger partial charge in [0.15, 0.2) is 0 Å². The van der Waals surface area contributed by atoms with E-state index in [9.17, 15) is 73.2 Å². The molecular formula is C47H76N10O16. The monoisotopic (exact) mass is 1040 g/mol. The van der Waals surface area contributed by atoms with Gasteiger partial charge in [-0.2, -0.15) is 0 Å². The van der Waals surface area contributed by atoms with Crippen molar-refractivity contribution in [1.82, 2.24) is 42.5 Å². The van der Waals surface area contributed by atoms with E-state index in [1.54, 1.807) is 46.8 Å². The van der Waals surface area contributed by atoms with Gasteiger partial charge < -0.3 is 79.5 Å². The van der Waals surface area contributed by atoms with E-state index in [1.165, 1.54) is 19.1 Å². The number of phenolic OH excluding ortho intramolecular Hbond substituents is 1. The van der Waals surface area contributed by atoms with Crippen molar-refractivity contribution in [2.75, 3.05) is 13.2 Å². The minimum absolute atomic E-state index is 0.0186. The normalized spacial score (nSPS) is 15.3. The Kier molecular flexibility index (Phi) is 28.3. The van der Waals surface area contributed by atoms with Crippen molar-refractivity contribution in [3.8, 4) is 5.75 Å². The molecule has 0 bridgehead atoms. The third-order valence-corrected chi connectivity index (χ3v) is 11.6. The zero-order valence-corrected chi connectivity index (χ0v) is 42.4. The van der Waals surface area contributed by atoms with Gasteiger partial charge in [-0.05, 0) is 81.0 Å². The maximum atomic E-state index is 14.1. The molecule has 0 saturated heterocycles. The van der Waals surface area contributed by atoms with Gasteiger partial charge in [-0.3, -0.25) is 52.7 Å². The predicted molar refractivity (Wildman–Crippen MR) is 261 cm³/mol. The Morgan fingerprint density at radius 2 is 1.04 bits per heavy atom. The first kappa shape index (κ1) is 64.1. The van der Waals surface area contributed by atoms with Crippen LogP contribution in [0.1, 0.15) is 105 Å². The second kappa shape index (κ2) is 32.2. The number of aliphatic hydroxyl groups excluding tert-OH is 1. The summed E-state index contributed by atoms with van der Waals surface area (Å²) in [6, 6.07) is -7.46. The highest BCUT2D eigenvalue weighted by atomic mass is 16.4. The molecule has 410 valence electrons. The first-order valence-corrected chi connectivity index (χ1v) is 24.1. The molecule has 0 saturated carbocycles. The Balaban J connectivity index is 3.46. The second-order valence-corrected chi connectivity index (χ2v) is 18.6. The molecule has 8 amide bonds. The van der Waals surface area contributed by atoms with Crippen LogP contribution in [-0.4, -0.2) is 158 Å². The van der Waals surface area contributed by atoms with E-state index in [4.69, 9.17) is 16.6 Å². The van der Waals surface area contributed by atoms with Crippen molar-refractivity contribution in [3.63, 3.8) is 0 Å². The predicted octanol–water partition coefficient (Wildman–Crippen LogP) is -2.55. The number of aromatic hydroxyl groups is 1. The van der Waals surface area contributed by atoms with Gasteiger partial charge in [0.05, 0.1) is 19.1 Å². The average Bonchev–Trinajstić information content (AvgIpc) is 3.31. The summed E-state index contributed by atoms with van der Waals surface area (Å²) in [6.45, 7) is 10.3.